The Kier molecular flexibility index (Phi) is 27.0. The van der Waals surface area contributed by atoms with Crippen molar-refractivity contribution in [2.75, 3.05) is 20.2 Å². The first-order valence-corrected chi connectivity index (χ1v) is 11.6. The monoisotopic (exact) mass is 574 g/mol. The molecule has 0 aliphatic heterocycles. The van der Waals surface area contributed by atoms with E-state index in [1.807, 2.05) is 0 Å². The Hall–Kier alpha value is -1.84. The van der Waals surface area contributed by atoms with Gasteiger partial charge in [-0.25, -0.2) is 18.6 Å². The number of nitroso groups, excluding NO2 is 2. The summed E-state index contributed by atoms with van der Waals surface area (Å²) >= 11 is 0. The predicted molar refractivity (Wildman–Crippen MR) is 124 cm³/mol. The van der Waals surface area contributed by atoms with Crippen LogP contribution in [0.25, 0.3) is 0 Å². The minimum atomic E-state index is -4.94. The predicted octanol–water partition coefficient (Wildman–Crippen LogP) is -1.63. The van der Waals surface area contributed by atoms with Crippen LogP contribution in [0.5, 0.6) is 0 Å². The molecule has 0 spiro atoms. The number of benzene rings is 2. The van der Waals surface area contributed by atoms with Crippen molar-refractivity contribution in [3.05, 3.63) is 78.6 Å². The van der Waals surface area contributed by atoms with E-state index in [1.165, 1.54) is 44.5 Å². The maximum absolute atomic E-state index is 8.49. The van der Waals surface area contributed by atoms with E-state index < -0.39 is 10.2 Å². The van der Waals surface area contributed by atoms with Gasteiger partial charge in [-0.15, -0.1) is 20.1 Å². The molecule has 0 fully saturated rings. The molecule has 0 bridgehead atoms. The van der Waals surface area contributed by atoms with Gasteiger partial charge < -0.3 is 15.7 Å². The summed E-state index contributed by atoms with van der Waals surface area (Å²) in [7, 11) is -3.94. The molecule has 0 atom stereocenters. The minimum absolute atomic E-state index is 0. The van der Waals surface area contributed by atoms with Crippen LogP contribution in [-0.4, -0.2) is 25.3 Å². The average Bonchev–Trinajstić information content (AvgIpc) is 2.76. The van der Waals surface area contributed by atoms with Crippen LogP contribution in [0, 0.1) is 61.6 Å². The topological polar surface area (TPSA) is 215 Å². The van der Waals surface area contributed by atoms with Crippen LogP contribution in [0.3, 0.4) is 0 Å². The molecule has 0 heterocycles. The van der Waals surface area contributed by atoms with Crippen molar-refractivity contribution in [1.82, 2.24) is 21.8 Å². The number of aliphatic hydroxyl groups excluding tert-OH is 1. The van der Waals surface area contributed by atoms with E-state index in [4.69, 9.17) is 44.7 Å². The number of hydrogen-bond donors (Lipinski definition) is 3. The molecule has 13 heteroatoms. The van der Waals surface area contributed by atoms with Crippen LogP contribution >= 0.6 is 0 Å². The Morgan fingerprint density at radius 2 is 0.833 bits per heavy atom. The molecular weight excluding hydrogens is 539 g/mol. The Morgan fingerprint density at radius 3 is 1.03 bits per heavy atom. The second-order valence-electron chi connectivity index (χ2n) is 7.49. The SMILES string of the molecule is CO.Cc1cc(C)c(CNCCNCc2c(C)cc(C)cc2C)c(C)c1.[Co+3].[N]=O.[N]=O.[O-][Cl+3]([O-])([O-])[O-]. The molecule has 0 aliphatic carbocycles. The van der Waals surface area contributed by atoms with Crippen LogP contribution in [0.1, 0.15) is 44.5 Å². The summed E-state index contributed by atoms with van der Waals surface area (Å²) in [4.78, 5) is 14.5. The van der Waals surface area contributed by atoms with E-state index >= 15 is 0 Å². The van der Waals surface area contributed by atoms with Gasteiger partial charge in [0.15, 0.2) is 0 Å². The fraction of sp³-hybridized carbons (Fsp3) is 0.478. The molecule has 3 N–H and O–H groups in total. The summed E-state index contributed by atoms with van der Waals surface area (Å²) in [6, 6.07) is 9.08. The fourth-order valence-electron chi connectivity index (χ4n) is 3.58. The summed E-state index contributed by atoms with van der Waals surface area (Å²) < 4.78 is 34.0. The largest absolute Gasteiger partial charge is 3.00 e. The number of hydrogen-bond acceptors (Lipinski definition) is 9. The van der Waals surface area contributed by atoms with E-state index in [9.17, 15) is 0 Å². The van der Waals surface area contributed by atoms with E-state index in [-0.39, 0.29) is 16.8 Å². The van der Waals surface area contributed by atoms with Gasteiger partial charge in [-0.1, -0.05) is 35.4 Å². The minimum Gasteiger partial charge on any atom is -0.400 e. The van der Waals surface area contributed by atoms with Crippen LogP contribution in [0.2, 0.25) is 0 Å². The van der Waals surface area contributed by atoms with Gasteiger partial charge >= 0.3 is 16.8 Å². The van der Waals surface area contributed by atoms with Crippen molar-refractivity contribution < 1.29 is 50.8 Å². The molecule has 36 heavy (non-hydrogen) atoms. The molecule has 204 valence electrons. The molecule has 0 aromatic heterocycles. The molecule has 0 aliphatic rings. The van der Waals surface area contributed by atoms with Crippen molar-refractivity contribution in [2.45, 2.75) is 54.6 Å². The smallest absolute Gasteiger partial charge is 0.400 e. The van der Waals surface area contributed by atoms with E-state index in [0.717, 1.165) is 33.3 Å². The number of aryl methyl sites for hydroxylation is 6. The molecule has 11 nitrogen and oxygen atoms in total. The fourth-order valence-corrected chi connectivity index (χ4v) is 3.58. The zero-order chi connectivity index (χ0) is 28.2. The maximum Gasteiger partial charge on any atom is 3.00 e. The number of aliphatic hydroxyl groups is 1. The number of halogens is 1. The third kappa shape index (κ3) is 20.4. The van der Waals surface area contributed by atoms with Crippen LogP contribution < -0.4 is 40.5 Å². The number of nitrogens with one attached hydrogen (secondary N) is 2. The molecular formula is C23H36ClCoN4O7+2. The summed E-state index contributed by atoms with van der Waals surface area (Å²) in [6.07, 6.45) is 0. The summed E-state index contributed by atoms with van der Waals surface area (Å²) in [5.41, 5.74) is 22.6. The zero-order valence-electron chi connectivity index (χ0n) is 21.6. The Balaban J connectivity index is -0.000000368. The first-order chi connectivity index (χ1) is 16.4. The van der Waals surface area contributed by atoms with Gasteiger partial charge in [0.1, 0.15) is 11.2 Å². The van der Waals surface area contributed by atoms with Gasteiger partial charge in [-0.2, -0.15) is 0 Å². The van der Waals surface area contributed by atoms with Crippen molar-refractivity contribution in [2.24, 2.45) is 0 Å². The van der Waals surface area contributed by atoms with Gasteiger partial charge in [0.2, 0.25) is 0 Å². The van der Waals surface area contributed by atoms with Crippen molar-refractivity contribution >= 4 is 0 Å². The normalized spacial score (nSPS) is 9.44. The number of nitrogens with zero attached hydrogens (tertiary/aromatic N) is 2. The van der Waals surface area contributed by atoms with Crippen molar-refractivity contribution in [1.29, 1.82) is 0 Å². The van der Waals surface area contributed by atoms with Crippen LogP contribution in [0.15, 0.2) is 24.3 Å². The molecule has 0 saturated carbocycles. The Labute approximate surface area is 225 Å². The quantitative estimate of drug-likeness (QED) is 0.323. The summed E-state index contributed by atoms with van der Waals surface area (Å²) in [5.74, 6) is 0. The second-order valence-corrected chi connectivity index (χ2v) is 8.24. The van der Waals surface area contributed by atoms with Gasteiger partial charge in [0.05, 0.1) is 0 Å². The van der Waals surface area contributed by atoms with Crippen LogP contribution in [0.4, 0.5) is 0 Å². The first-order valence-electron chi connectivity index (χ1n) is 10.4. The van der Waals surface area contributed by atoms with Crippen molar-refractivity contribution in [3.8, 4) is 0 Å². The molecule has 2 aromatic carbocycles. The average molecular weight is 575 g/mol. The van der Waals surface area contributed by atoms with E-state index in [0.29, 0.717) is 0 Å². The van der Waals surface area contributed by atoms with E-state index in [2.05, 4.69) is 76.4 Å². The second kappa shape index (κ2) is 23.5. The van der Waals surface area contributed by atoms with Gasteiger partial charge in [0, 0.05) is 33.3 Å². The van der Waals surface area contributed by atoms with Gasteiger partial charge in [-0.05, 0) is 74.9 Å². The number of rotatable bonds is 7. The molecule has 2 radical (unpaired) electrons. The molecule has 0 saturated heterocycles. The summed E-state index contributed by atoms with van der Waals surface area (Å²) in [6.45, 7) is 17.0. The molecule has 2 aromatic rings. The van der Waals surface area contributed by atoms with E-state index in [1.54, 1.807) is 0 Å². The summed E-state index contributed by atoms with van der Waals surface area (Å²) in [5, 5.41) is 14.1. The third-order valence-corrected chi connectivity index (χ3v) is 4.76. The molecule has 0 amide bonds. The van der Waals surface area contributed by atoms with Gasteiger partial charge in [0.25, 0.3) is 0 Å². The van der Waals surface area contributed by atoms with Crippen molar-refractivity contribution in [3.63, 3.8) is 0 Å². The maximum atomic E-state index is 8.49. The van der Waals surface area contributed by atoms with Crippen LogP contribution in [-0.2, 0) is 29.9 Å². The standard InChI is InChI=1S/C22H32N2.CH4O.ClHO4.Co.2NO/c1-15-9-17(3)21(18(4)10-15)13-23-7-8-24-14-22-19(5)11-16(2)12-20(22)6;1-2;2-1(3,4)5;;2*1-2/h9-12,23-24H,7-8,13-14H2,1-6H3;2H,1H3;(H,2,3,4,5);;;/q;;;+3;;/p-1. The zero-order valence-corrected chi connectivity index (χ0v) is 23.4. The Morgan fingerprint density at radius 1 is 0.639 bits per heavy atom. The Bertz CT molecular complexity index is 740. The third-order valence-electron chi connectivity index (χ3n) is 4.76. The molecule has 2 rings (SSSR count). The first kappa shape index (κ1) is 41.3. The molecule has 0 unspecified atom stereocenters. The van der Waals surface area contributed by atoms with Gasteiger partial charge in [-0.3, -0.25) is 0 Å².